The Hall–Kier alpha value is 1.08. The number of benzene rings is 1. The Morgan fingerprint density at radius 1 is 1.20 bits per heavy atom. The molecule has 9 heteroatoms. The molecule has 0 aliphatic rings. The van der Waals surface area contributed by atoms with Crippen molar-refractivity contribution in [1.82, 2.24) is 0 Å². The lowest BCUT2D eigenvalue weighted by molar-refractivity contribution is 0.599. The zero-order valence-corrected chi connectivity index (χ0v) is 14.4. The molecule has 0 atom stereocenters. The van der Waals surface area contributed by atoms with Crippen LogP contribution >= 0.6 is 66.4 Å². The summed E-state index contributed by atoms with van der Waals surface area (Å²) in [5.41, 5.74) is 0. The van der Waals surface area contributed by atoms with Crippen LogP contribution in [0.2, 0.25) is 0 Å². The van der Waals surface area contributed by atoms with E-state index in [1.807, 2.05) is 18.2 Å². The van der Waals surface area contributed by atoms with Crippen LogP contribution in [0.3, 0.4) is 0 Å². The van der Waals surface area contributed by atoms with Crippen LogP contribution in [0, 0.1) is 10.7 Å². The lowest BCUT2D eigenvalue weighted by atomic mass is 10.4. The molecule has 1 rings (SSSR count). The second-order valence-electron chi connectivity index (χ2n) is 2.22. The highest BCUT2D eigenvalue weighted by atomic mass is 127. The molecule has 0 aliphatic carbocycles. The second kappa shape index (κ2) is 7.41. The van der Waals surface area contributed by atoms with Gasteiger partial charge in [0, 0.05) is 7.14 Å². The fourth-order valence-electron chi connectivity index (χ4n) is 0.533. The first kappa shape index (κ1) is 16.1. The maximum Gasteiger partial charge on any atom is 0.271 e. The normalized spacial score (nSPS) is 10.4. The van der Waals surface area contributed by atoms with Gasteiger partial charge in [-0.2, -0.15) is 8.42 Å². The summed E-state index contributed by atoms with van der Waals surface area (Å²) < 4.78 is 32.3. The highest BCUT2D eigenvalue weighted by Crippen LogP contribution is 2.20. The molecular formula is C6H7I3N2O3S. The molecule has 1 aromatic carbocycles. The topological polar surface area (TPSA) is 103 Å². The maximum atomic E-state index is 10.6. The largest absolute Gasteiger partial charge is 0.271 e. The van der Waals surface area contributed by atoms with Crippen molar-refractivity contribution < 1.29 is 11.5 Å². The Balaban J connectivity index is 0.000000336. The number of hydrogen-bond acceptors (Lipinski definition) is 3. The Kier molecular flexibility index (Phi) is 7.95. The van der Waals surface area contributed by atoms with Gasteiger partial charge >= 0.3 is 0 Å². The Bertz CT molecular complexity index is 441. The van der Waals surface area contributed by atoms with E-state index in [1.165, 1.54) is 3.57 Å². The predicted octanol–water partition coefficient (Wildman–Crippen LogP) is 1.53. The molecule has 4 N–H and O–H groups in total. The zero-order valence-electron chi connectivity index (χ0n) is 7.15. The van der Waals surface area contributed by atoms with Crippen molar-refractivity contribution in [3.8, 4) is 0 Å². The molecule has 0 radical (unpaired) electrons. The molecule has 86 valence electrons. The summed E-state index contributed by atoms with van der Waals surface area (Å²) in [6.07, 6.45) is 0. The van der Waals surface area contributed by atoms with Crippen LogP contribution in [-0.4, -0.2) is 8.42 Å². The molecule has 0 fully saturated rings. The Morgan fingerprint density at radius 2 is 1.67 bits per heavy atom. The molecule has 1 aromatic rings. The van der Waals surface area contributed by atoms with E-state index in [2.05, 4.69) is 55.5 Å². The summed E-state index contributed by atoms with van der Waals surface area (Å²) in [6.45, 7) is 0. The fourth-order valence-corrected chi connectivity index (χ4v) is 3.39. The van der Waals surface area contributed by atoms with Gasteiger partial charge in [-0.1, -0.05) is 0 Å². The first-order valence-corrected chi connectivity index (χ1v) is 8.99. The van der Waals surface area contributed by atoms with Crippen LogP contribution in [0.4, 0.5) is 0 Å². The van der Waals surface area contributed by atoms with Crippen molar-refractivity contribution >= 4 is 76.6 Å². The summed E-state index contributed by atoms with van der Waals surface area (Å²) in [4.78, 5) is 0. The van der Waals surface area contributed by atoms with Gasteiger partial charge in [0.1, 0.15) is 0 Å². The van der Waals surface area contributed by atoms with Gasteiger partial charge in [0.05, 0.1) is 3.57 Å². The van der Waals surface area contributed by atoms with Crippen LogP contribution in [0.1, 0.15) is 0 Å². The molecule has 0 spiro atoms. The van der Waals surface area contributed by atoms with Crippen molar-refractivity contribution in [3.05, 3.63) is 28.9 Å². The molecule has 0 unspecified atom stereocenters. The predicted molar refractivity (Wildman–Crippen MR) is 82.6 cm³/mol. The van der Waals surface area contributed by atoms with Crippen LogP contribution in [0.25, 0.3) is 0 Å². The molecule has 0 aliphatic heterocycles. The summed E-state index contributed by atoms with van der Waals surface area (Å²) >= 11 is 3.47. The number of nitrogens with two attached hydrogens (primary N) is 2. The van der Waals surface area contributed by atoms with E-state index >= 15 is 0 Å². The van der Waals surface area contributed by atoms with E-state index in [9.17, 15) is 11.5 Å². The van der Waals surface area contributed by atoms with Crippen molar-refractivity contribution in [3.63, 3.8) is 0 Å². The molecule has 5 nitrogen and oxygen atoms in total. The minimum absolute atomic E-state index is 0.986. The van der Waals surface area contributed by atoms with Crippen LogP contribution < -0.4 is 10.3 Å². The van der Waals surface area contributed by atoms with Crippen LogP contribution in [0.5, 0.6) is 0 Å². The molecule has 0 saturated carbocycles. The molecule has 15 heavy (non-hydrogen) atoms. The maximum absolute atomic E-state index is 10.6. The van der Waals surface area contributed by atoms with Gasteiger partial charge in [0.2, 0.25) is 0 Å². The van der Waals surface area contributed by atoms with Crippen LogP contribution in [0.15, 0.2) is 18.2 Å². The summed E-state index contributed by atoms with van der Waals surface area (Å²) in [6, 6.07) is 5.95. The van der Waals surface area contributed by atoms with Crippen molar-refractivity contribution in [2.75, 3.05) is 0 Å². The molecular weight excluding hydrogens is 561 g/mol. The lowest BCUT2D eigenvalue weighted by Gasteiger charge is -1.93. The third-order valence-electron chi connectivity index (χ3n) is 0.965. The SMILES string of the molecule is NS(N)(=O)=O.O=Ic1ccc(I)cc1I. The first-order valence-electron chi connectivity index (χ1n) is 3.26. The molecule has 0 heterocycles. The molecule has 0 bridgehead atoms. The summed E-state index contributed by atoms with van der Waals surface area (Å²) in [5.74, 6) is 0. The minimum atomic E-state index is -3.67. The molecule has 0 amide bonds. The van der Waals surface area contributed by atoms with E-state index in [-0.39, 0.29) is 0 Å². The minimum Gasteiger partial charge on any atom is -0.265 e. The Labute approximate surface area is 125 Å². The monoisotopic (exact) mass is 568 g/mol. The third kappa shape index (κ3) is 9.98. The average Bonchev–Trinajstić information content (AvgIpc) is 2.01. The van der Waals surface area contributed by atoms with Gasteiger partial charge in [-0.25, -0.2) is 10.3 Å². The van der Waals surface area contributed by atoms with E-state index < -0.39 is 31.4 Å². The standard InChI is InChI=1S/C6H3I3O.H4N2O2S/c7-4-1-2-6(9-10)5(8)3-4;1-5(2,3)4/h1-3H;(H4,1,2,3,4). The molecule has 0 aromatic heterocycles. The average molecular weight is 568 g/mol. The highest BCUT2D eigenvalue weighted by Gasteiger charge is 1.97. The van der Waals surface area contributed by atoms with Crippen molar-refractivity contribution in [2.24, 2.45) is 10.3 Å². The number of hydrogen-bond donors (Lipinski definition) is 2. The number of halogens is 3. The van der Waals surface area contributed by atoms with Crippen molar-refractivity contribution in [2.45, 2.75) is 0 Å². The van der Waals surface area contributed by atoms with E-state index in [4.69, 9.17) is 0 Å². The fraction of sp³-hybridized carbons (Fsp3) is 0. The number of rotatable bonds is 1. The summed E-state index contributed by atoms with van der Waals surface area (Å²) in [5, 5.41) is 8.21. The quantitative estimate of drug-likeness (QED) is 0.397. The Morgan fingerprint density at radius 3 is 2.00 bits per heavy atom. The summed E-state index contributed by atoms with van der Waals surface area (Å²) in [7, 11) is -3.67. The van der Waals surface area contributed by atoms with E-state index in [0.29, 0.717) is 0 Å². The van der Waals surface area contributed by atoms with Crippen LogP contribution in [-0.2, 0) is 13.3 Å². The van der Waals surface area contributed by atoms with Gasteiger partial charge in [0.15, 0.2) is 21.2 Å². The van der Waals surface area contributed by atoms with Gasteiger partial charge in [0.25, 0.3) is 10.2 Å². The first-order chi connectivity index (χ1) is 6.74. The molecule has 0 saturated heterocycles. The van der Waals surface area contributed by atoms with E-state index in [0.717, 1.165) is 7.14 Å². The van der Waals surface area contributed by atoms with Gasteiger partial charge in [-0.15, -0.1) is 0 Å². The van der Waals surface area contributed by atoms with E-state index in [1.54, 1.807) is 0 Å². The zero-order chi connectivity index (χ0) is 12.1. The van der Waals surface area contributed by atoms with Gasteiger partial charge < -0.3 is 0 Å². The smallest absolute Gasteiger partial charge is 0.265 e. The lowest BCUT2D eigenvalue weighted by Crippen LogP contribution is -2.21. The highest BCUT2D eigenvalue weighted by molar-refractivity contribution is 14.2. The van der Waals surface area contributed by atoms with Crippen molar-refractivity contribution in [1.29, 1.82) is 0 Å². The third-order valence-corrected chi connectivity index (χ3v) is 4.98. The van der Waals surface area contributed by atoms with Gasteiger partial charge in [-0.05, 0) is 63.4 Å². The second-order valence-corrected chi connectivity index (χ2v) is 7.41. The van der Waals surface area contributed by atoms with Gasteiger partial charge in [-0.3, -0.25) is 3.07 Å².